The van der Waals surface area contributed by atoms with Gasteiger partial charge in [0.1, 0.15) is 0 Å². The lowest BCUT2D eigenvalue weighted by molar-refractivity contribution is -0.944. The molecule has 0 aromatic carbocycles. The molecule has 3 heteroatoms. The van der Waals surface area contributed by atoms with Gasteiger partial charge < -0.3 is 9.22 Å². The Hall–Kier alpha value is -0.570. The predicted octanol–water partition coefficient (Wildman–Crippen LogP) is 10.8. The zero-order chi connectivity index (χ0) is 27.5. The average Bonchev–Trinajstić information content (AvgIpc) is 2.90. The first-order valence-electron chi connectivity index (χ1n) is 17.1. The fraction of sp³-hybridized carbons (Fsp3) is 0.971. The maximum Gasteiger partial charge on any atom is 0.364 e. The Labute approximate surface area is 234 Å². The summed E-state index contributed by atoms with van der Waals surface area (Å²) in [5, 5.41) is 0. The number of esters is 1. The number of hydrogen-bond acceptors (Lipinski definition) is 2. The maximum atomic E-state index is 13.5. The van der Waals surface area contributed by atoms with Crippen LogP contribution >= 0.6 is 0 Å². The molecule has 0 bridgehead atoms. The van der Waals surface area contributed by atoms with E-state index in [0.29, 0.717) is 6.61 Å². The topological polar surface area (TPSA) is 26.3 Å². The summed E-state index contributed by atoms with van der Waals surface area (Å²) in [6.07, 6.45) is 29.8. The highest BCUT2D eigenvalue weighted by atomic mass is 16.5. The van der Waals surface area contributed by atoms with Gasteiger partial charge in [-0.3, -0.25) is 0 Å². The third kappa shape index (κ3) is 19.2. The number of hydrogen-bond donors (Lipinski definition) is 0. The molecule has 222 valence electrons. The maximum absolute atomic E-state index is 13.5. The second-order valence-electron chi connectivity index (χ2n) is 11.8. The molecule has 0 saturated heterocycles. The van der Waals surface area contributed by atoms with Gasteiger partial charge >= 0.3 is 5.97 Å². The molecule has 0 fully saturated rings. The van der Waals surface area contributed by atoms with E-state index in [1.807, 2.05) is 6.92 Å². The number of carbonyl (C=O) groups excluding carboxylic acids is 1. The number of ether oxygens (including phenoxy) is 1. The third-order valence-corrected chi connectivity index (χ3v) is 8.42. The smallest absolute Gasteiger partial charge is 0.364 e. The highest BCUT2D eigenvalue weighted by Crippen LogP contribution is 2.27. The van der Waals surface area contributed by atoms with E-state index < -0.39 is 0 Å². The largest absolute Gasteiger partial charge is 0.462 e. The fourth-order valence-electron chi connectivity index (χ4n) is 6.04. The Kier molecular flexibility index (Phi) is 26.6. The second-order valence-corrected chi connectivity index (χ2v) is 11.8. The zero-order valence-corrected chi connectivity index (χ0v) is 26.4. The van der Waals surface area contributed by atoms with Crippen molar-refractivity contribution in [3.63, 3.8) is 0 Å². The summed E-state index contributed by atoms with van der Waals surface area (Å²) >= 11 is 0. The van der Waals surface area contributed by atoms with Crippen molar-refractivity contribution >= 4 is 5.97 Å². The lowest BCUT2D eigenvalue weighted by Crippen LogP contribution is -2.60. The molecule has 0 aromatic heterocycles. The minimum atomic E-state index is 0.0405. The molecule has 0 spiro atoms. The van der Waals surface area contributed by atoms with Crippen molar-refractivity contribution in [1.82, 2.24) is 0 Å². The van der Waals surface area contributed by atoms with Gasteiger partial charge in [0.05, 0.1) is 26.2 Å². The first-order valence-corrected chi connectivity index (χ1v) is 17.1. The van der Waals surface area contributed by atoms with Gasteiger partial charge in [-0.25, -0.2) is 4.79 Å². The van der Waals surface area contributed by atoms with E-state index in [1.54, 1.807) is 0 Å². The standard InChI is InChI=1S/C34H70NO2/c1-6-11-15-19-22-26-30-35(31-27-23-20-16-12-7-2,32-28-24-21-17-13-8-3)33(34(36)37-10-5)29-25-18-14-9-4/h33H,6-32H2,1-5H3/q+1. The molecule has 0 aliphatic rings. The van der Waals surface area contributed by atoms with Gasteiger partial charge in [0.25, 0.3) is 0 Å². The lowest BCUT2D eigenvalue weighted by atomic mass is 9.98. The van der Waals surface area contributed by atoms with Crippen LogP contribution in [-0.2, 0) is 9.53 Å². The fourth-order valence-corrected chi connectivity index (χ4v) is 6.04. The van der Waals surface area contributed by atoms with Gasteiger partial charge in [0.2, 0.25) is 0 Å². The Morgan fingerprint density at radius 2 is 0.811 bits per heavy atom. The molecule has 0 amide bonds. The summed E-state index contributed by atoms with van der Waals surface area (Å²) in [6.45, 7) is 15.2. The molecule has 3 nitrogen and oxygen atoms in total. The van der Waals surface area contributed by atoms with Crippen LogP contribution in [0.1, 0.15) is 182 Å². The Balaban J connectivity index is 5.61. The van der Waals surface area contributed by atoms with Crippen LogP contribution in [-0.4, -0.2) is 42.7 Å². The van der Waals surface area contributed by atoms with Crippen molar-refractivity contribution in [3.05, 3.63) is 0 Å². The van der Waals surface area contributed by atoms with Crippen LogP contribution in [0.25, 0.3) is 0 Å². The summed E-state index contributed by atoms with van der Waals surface area (Å²) in [6, 6.07) is 0.0405. The Bertz CT molecular complexity index is 438. The molecule has 0 heterocycles. The van der Waals surface area contributed by atoms with Crippen LogP contribution in [0, 0.1) is 0 Å². The molecule has 0 aliphatic heterocycles. The molecule has 0 N–H and O–H groups in total. The quantitative estimate of drug-likeness (QED) is 0.0552. The predicted molar refractivity (Wildman–Crippen MR) is 164 cm³/mol. The number of unbranched alkanes of at least 4 members (excludes halogenated alkanes) is 18. The minimum absolute atomic E-state index is 0.0405. The molecule has 0 rings (SSSR count). The van der Waals surface area contributed by atoms with Crippen molar-refractivity contribution in [2.24, 2.45) is 0 Å². The second kappa shape index (κ2) is 27.0. The highest BCUT2D eigenvalue weighted by molar-refractivity contribution is 5.74. The van der Waals surface area contributed by atoms with E-state index in [1.165, 1.54) is 161 Å². The van der Waals surface area contributed by atoms with Crippen molar-refractivity contribution in [3.8, 4) is 0 Å². The number of rotatable bonds is 29. The van der Waals surface area contributed by atoms with Crippen molar-refractivity contribution < 1.29 is 14.0 Å². The molecule has 1 unspecified atom stereocenters. The monoisotopic (exact) mass is 525 g/mol. The van der Waals surface area contributed by atoms with Crippen LogP contribution in [0.5, 0.6) is 0 Å². The van der Waals surface area contributed by atoms with Crippen molar-refractivity contribution in [1.29, 1.82) is 0 Å². The normalized spacial score (nSPS) is 12.7. The van der Waals surface area contributed by atoms with Crippen molar-refractivity contribution in [2.75, 3.05) is 26.2 Å². The van der Waals surface area contributed by atoms with Gasteiger partial charge in [-0.1, -0.05) is 124 Å². The van der Waals surface area contributed by atoms with Crippen LogP contribution in [0.2, 0.25) is 0 Å². The van der Waals surface area contributed by atoms with E-state index in [9.17, 15) is 4.79 Å². The summed E-state index contributed by atoms with van der Waals surface area (Å²) < 4.78 is 6.80. The van der Waals surface area contributed by atoms with Gasteiger partial charge in [0, 0.05) is 6.42 Å². The van der Waals surface area contributed by atoms with E-state index in [4.69, 9.17) is 4.74 Å². The van der Waals surface area contributed by atoms with Crippen LogP contribution in [0.3, 0.4) is 0 Å². The molecule has 0 aliphatic carbocycles. The van der Waals surface area contributed by atoms with Gasteiger partial charge in [-0.15, -0.1) is 0 Å². The van der Waals surface area contributed by atoms with E-state index >= 15 is 0 Å². The molecule has 37 heavy (non-hydrogen) atoms. The molecule has 0 radical (unpaired) electrons. The van der Waals surface area contributed by atoms with E-state index in [2.05, 4.69) is 27.7 Å². The van der Waals surface area contributed by atoms with Crippen molar-refractivity contribution in [2.45, 2.75) is 188 Å². The van der Waals surface area contributed by atoms with E-state index in [0.717, 1.165) is 10.9 Å². The van der Waals surface area contributed by atoms with E-state index in [-0.39, 0.29) is 12.0 Å². The summed E-state index contributed by atoms with van der Waals surface area (Å²) in [5.41, 5.74) is 0. The van der Waals surface area contributed by atoms with Gasteiger partial charge in [-0.05, 0) is 51.9 Å². The molecule has 0 aromatic rings. The Morgan fingerprint density at radius 1 is 0.486 bits per heavy atom. The first-order chi connectivity index (χ1) is 18.1. The average molecular weight is 525 g/mol. The Morgan fingerprint density at radius 3 is 1.16 bits per heavy atom. The molecular weight excluding hydrogens is 454 g/mol. The summed E-state index contributed by atoms with van der Waals surface area (Å²) in [4.78, 5) is 13.5. The zero-order valence-electron chi connectivity index (χ0n) is 26.4. The van der Waals surface area contributed by atoms with Gasteiger partial charge in [-0.2, -0.15) is 0 Å². The summed E-state index contributed by atoms with van der Waals surface area (Å²) in [7, 11) is 0. The van der Waals surface area contributed by atoms with Gasteiger partial charge in [0.15, 0.2) is 6.04 Å². The molecule has 0 saturated carbocycles. The van der Waals surface area contributed by atoms with Crippen LogP contribution in [0.15, 0.2) is 0 Å². The molecular formula is C34H70NO2+. The highest BCUT2D eigenvalue weighted by Gasteiger charge is 2.41. The number of quaternary nitrogens is 1. The van der Waals surface area contributed by atoms with Crippen LogP contribution in [0.4, 0.5) is 0 Å². The first kappa shape index (κ1) is 36.4. The minimum Gasteiger partial charge on any atom is -0.462 e. The molecule has 1 atom stereocenters. The number of nitrogens with zero attached hydrogens (tertiary/aromatic N) is 1. The summed E-state index contributed by atoms with van der Waals surface area (Å²) in [5.74, 6) is 0.0990. The SMILES string of the molecule is CCCCCCCC[N+](CCCCCCCC)(CCCCCCCC)C(CCCCCC)C(=O)OCC. The third-order valence-electron chi connectivity index (χ3n) is 8.42. The van der Waals surface area contributed by atoms with Crippen LogP contribution < -0.4 is 0 Å². The lowest BCUT2D eigenvalue weighted by Gasteiger charge is -2.44. The number of carbonyl (C=O) groups is 1.